The molecule has 0 aliphatic carbocycles. The van der Waals surface area contributed by atoms with E-state index < -0.39 is 15.9 Å². The Morgan fingerprint density at radius 2 is 1.71 bits per heavy atom. The number of hydrogen-bond donors (Lipinski definition) is 2. The molecule has 9 heteroatoms. The van der Waals surface area contributed by atoms with Gasteiger partial charge in [-0.1, -0.05) is 29.8 Å². The average Bonchev–Trinajstić information content (AvgIpc) is 2.81. The molecule has 0 aromatic heterocycles. The third kappa shape index (κ3) is 5.13. The van der Waals surface area contributed by atoms with Crippen molar-refractivity contribution in [1.82, 2.24) is 5.32 Å². The Morgan fingerprint density at radius 3 is 2.47 bits per heavy atom. The number of sulfonamides is 1. The van der Waals surface area contributed by atoms with E-state index in [4.69, 9.17) is 21.1 Å². The number of fused-ring (bicyclic) bond motifs is 1. The molecule has 1 unspecified atom stereocenters. The van der Waals surface area contributed by atoms with E-state index in [1.54, 1.807) is 12.1 Å². The average molecular weight is 501 g/mol. The lowest BCUT2D eigenvalue weighted by atomic mass is 10.1. The van der Waals surface area contributed by atoms with Crippen LogP contribution in [0.3, 0.4) is 0 Å². The first kappa shape index (κ1) is 23.9. The van der Waals surface area contributed by atoms with Crippen molar-refractivity contribution in [3.05, 3.63) is 81.9 Å². The molecule has 7 nitrogen and oxygen atoms in total. The molecule has 1 aliphatic heterocycles. The van der Waals surface area contributed by atoms with Crippen molar-refractivity contribution in [1.29, 1.82) is 0 Å². The lowest BCUT2D eigenvalue weighted by molar-refractivity contribution is 0.0939. The summed E-state index contributed by atoms with van der Waals surface area (Å²) >= 11 is 6.22. The van der Waals surface area contributed by atoms with Crippen molar-refractivity contribution in [3.8, 4) is 11.5 Å². The van der Waals surface area contributed by atoms with E-state index in [2.05, 4.69) is 10.0 Å². The molecule has 3 aromatic carbocycles. The van der Waals surface area contributed by atoms with Crippen LogP contribution in [0.2, 0.25) is 5.02 Å². The highest BCUT2D eigenvalue weighted by Crippen LogP contribution is 2.33. The molecule has 1 amide bonds. The number of benzene rings is 3. The van der Waals surface area contributed by atoms with Crippen LogP contribution in [0.15, 0.2) is 59.5 Å². The van der Waals surface area contributed by atoms with Gasteiger partial charge < -0.3 is 14.8 Å². The maximum absolute atomic E-state index is 13.1. The van der Waals surface area contributed by atoms with Crippen LogP contribution in [0.5, 0.6) is 11.5 Å². The normalized spacial score (nSPS) is 13.8. The summed E-state index contributed by atoms with van der Waals surface area (Å²) in [7, 11) is -4.02. The van der Waals surface area contributed by atoms with E-state index >= 15 is 0 Å². The number of halogens is 1. The highest BCUT2D eigenvalue weighted by Gasteiger charge is 2.22. The van der Waals surface area contributed by atoms with Gasteiger partial charge in [0.1, 0.15) is 18.1 Å². The number of rotatable bonds is 6. The summed E-state index contributed by atoms with van der Waals surface area (Å²) in [4.78, 5) is 12.8. The maximum Gasteiger partial charge on any atom is 0.263 e. The molecule has 34 heavy (non-hydrogen) atoms. The molecule has 4 rings (SSSR count). The minimum Gasteiger partial charge on any atom is -0.486 e. The molecule has 0 saturated carbocycles. The van der Waals surface area contributed by atoms with Gasteiger partial charge in [-0.3, -0.25) is 9.52 Å². The van der Waals surface area contributed by atoms with Crippen molar-refractivity contribution in [3.63, 3.8) is 0 Å². The minimum atomic E-state index is -4.02. The zero-order valence-corrected chi connectivity index (χ0v) is 20.6. The number of carbonyl (C=O) groups is 1. The summed E-state index contributed by atoms with van der Waals surface area (Å²) in [6.07, 6.45) is 0. The van der Waals surface area contributed by atoms with Crippen LogP contribution in [-0.2, 0) is 10.0 Å². The van der Waals surface area contributed by atoms with E-state index in [1.165, 1.54) is 18.2 Å². The molecule has 0 bridgehead atoms. The lowest BCUT2D eigenvalue weighted by Crippen LogP contribution is -2.27. The number of carbonyl (C=O) groups excluding carboxylic acids is 1. The van der Waals surface area contributed by atoms with Gasteiger partial charge in [-0.15, -0.1) is 0 Å². The van der Waals surface area contributed by atoms with Gasteiger partial charge in [0.05, 0.1) is 16.8 Å². The summed E-state index contributed by atoms with van der Waals surface area (Å²) in [5.74, 6) is 0.863. The van der Waals surface area contributed by atoms with Gasteiger partial charge in [0, 0.05) is 5.56 Å². The SMILES string of the molecule is Cc1ccc(C)c(NS(=O)(=O)c2cc(C(=O)NC(C)c3ccc4c(c3)OCCO4)ccc2Cl)c1. The van der Waals surface area contributed by atoms with Crippen molar-refractivity contribution in [2.45, 2.75) is 31.7 Å². The van der Waals surface area contributed by atoms with E-state index in [1.807, 2.05) is 45.0 Å². The second kappa shape index (κ2) is 9.56. The number of ether oxygens (including phenoxy) is 2. The predicted molar refractivity (Wildman–Crippen MR) is 131 cm³/mol. The van der Waals surface area contributed by atoms with Crippen LogP contribution in [-0.4, -0.2) is 27.5 Å². The number of anilines is 1. The van der Waals surface area contributed by atoms with Crippen molar-refractivity contribution in [2.75, 3.05) is 17.9 Å². The van der Waals surface area contributed by atoms with Crippen molar-refractivity contribution in [2.24, 2.45) is 0 Å². The van der Waals surface area contributed by atoms with Gasteiger partial charge >= 0.3 is 0 Å². The van der Waals surface area contributed by atoms with Crippen LogP contribution < -0.4 is 19.5 Å². The fourth-order valence-electron chi connectivity index (χ4n) is 3.59. The topological polar surface area (TPSA) is 93.7 Å². The molecule has 1 heterocycles. The highest BCUT2D eigenvalue weighted by molar-refractivity contribution is 7.92. The van der Waals surface area contributed by atoms with Gasteiger partial charge in [0.25, 0.3) is 15.9 Å². The Bertz CT molecular complexity index is 1360. The Morgan fingerprint density at radius 1 is 0.971 bits per heavy atom. The van der Waals surface area contributed by atoms with Crippen molar-refractivity contribution < 1.29 is 22.7 Å². The molecule has 1 aliphatic rings. The van der Waals surface area contributed by atoms with E-state index in [0.717, 1.165) is 16.7 Å². The minimum absolute atomic E-state index is 0.0224. The molecule has 1 atom stereocenters. The van der Waals surface area contributed by atoms with Crippen LogP contribution in [0.25, 0.3) is 0 Å². The third-order valence-corrected chi connectivity index (χ3v) is 7.38. The van der Waals surface area contributed by atoms with Gasteiger partial charge in [0.2, 0.25) is 0 Å². The maximum atomic E-state index is 13.1. The Labute approximate surface area is 204 Å². The number of aryl methyl sites for hydroxylation is 2. The van der Waals surface area contributed by atoms with E-state index in [9.17, 15) is 13.2 Å². The second-order valence-corrected chi connectivity index (χ2v) is 10.2. The largest absolute Gasteiger partial charge is 0.486 e. The fraction of sp³-hybridized carbons (Fsp3) is 0.240. The van der Waals surface area contributed by atoms with Crippen LogP contribution >= 0.6 is 11.6 Å². The second-order valence-electron chi connectivity index (χ2n) is 8.17. The first-order valence-electron chi connectivity index (χ1n) is 10.7. The van der Waals surface area contributed by atoms with Crippen molar-refractivity contribution >= 4 is 33.2 Å². The van der Waals surface area contributed by atoms with Crippen LogP contribution in [0.4, 0.5) is 5.69 Å². The quantitative estimate of drug-likeness (QED) is 0.495. The summed E-state index contributed by atoms with van der Waals surface area (Å²) in [6, 6.07) is 14.8. The zero-order valence-electron chi connectivity index (χ0n) is 19.0. The summed E-state index contributed by atoms with van der Waals surface area (Å²) < 4.78 is 39.9. The molecule has 0 fully saturated rings. The number of hydrogen-bond acceptors (Lipinski definition) is 5. The zero-order chi connectivity index (χ0) is 24.5. The highest BCUT2D eigenvalue weighted by atomic mass is 35.5. The first-order chi connectivity index (χ1) is 16.1. The standard InChI is InChI=1S/C25H25ClN2O5S/c1-15-4-5-16(2)21(12-15)28-34(30,31)24-14-19(6-8-20(24)26)25(29)27-17(3)18-7-9-22-23(13-18)33-11-10-32-22/h4-9,12-14,17,28H,10-11H2,1-3H3,(H,27,29). The Kier molecular flexibility index (Phi) is 6.72. The van der Waals surface area contributed by atoms with Crippen LogP contribution in [0.1, 0.15) is 40.0 Å². The molecule has 178 valence electrons. The Hall–Kier alpha value is -3.23. The van der Waals surface area contributed by atoms with Gasteiger partial charge in [-0.2, -0.15) is 0 Å². The molecule has 0 spiro atoms. The molecule has 0 saturated heterocycles. The first-order valence-corrected chi connectivity index (χ1v) is 12.6. The van der Waals surface area contributed by atoms with E-state index in [0.29, 0.717) is 30.4 Å². The molecule has 3 aromatic rings. The van der Waals surface area contributed by atoms with E-state index in [-0.39, 0.29) is 21.5 Å². The summed E-state index contributed by atoms with van der Waals surface area (Å²) in [5.41, 5.74) is 3.15. The van der Waals surface area contributed by atoms with Crippen LogP contribution in [0, 0.1) is 13.8 Å². The van der Waals surface area contributed by atoms with Gasteiger partial charge in [0.15, 0.2) is 11.5 Å². The summed E-state index contributed by atoms with van der Waals surface area (Å²) in [5, 5.41) is 2.91. The van der Waals surface area contributed by atoms with Gasteiger partial charge in [-0.25, -0.2) is 8.42 Å². The monoisotopic (exact) mass is 500 g/mol. The molecular formula is C25H25ClN2O5S. The number of nitrogens with one attached hydrogen (secondary N) is 2. The van der Waals surface area contributed by atoms with Gasteiger partial charge in [-0.05, 0) is 73.9 Å². The molecule has 0 radical (unpaired) electrons. The molecule has 2 N–H and O–H groups in total. The third-order valence-electron chi connectivity index (χ3n) is 5.53. The Balaban J connectivity index is 1.55. The predicted octanol–water partition coefficient (Wildman–Crippen LogP) is 5.02. The fourth-order valence-corrected chi connectivity index (χ4v) is 5.24. The summed E-state index contributed by atoms with van der Waals surface area (Å²) in [6.45, 7) is 6.48. The number of amides is 1. The lowest BCUT2D eigenvalue weighted by Gasteiger charge is -2.21. The molecular weight excluding hydrogens is 476 g/mol. The smallest absolute Gasteiger partial charge is 0.263 e.